The van der Waals surface area contributed by atoms with Crippen molar-refractivity contribution in [3.8, 4) is 0 Å². The molecular weight excluding hydrogens is 212 g/mol. The molecule has 0 saturated heterocycles. The zero-order valence-corrected chi connectivity index (χ0v) is 11.4. The van der Waals surface area contributed by atoms with Gasteiger partial charge in [-0.2, -0.15) is 5.10 Å². The third-order valence-electron chi connectivity index (χ3n) is 3.78. The molecule has 1 atom stereocenters. The monoisotopic (exact) mass is 236 g/mol. The van der Waals surface area contributed by atoms with Crippen LogP contribution in [-0.4, -0.2) is 20.5 Å². The molecule has 17 heavy (non-hydrogen) atoms. The van der Waals surface area contributed by atoms with Crippen LogP contribution in [0, 0.1) is 5.41 Å². The molecule has 1 aromatic rings. The van der Waals surface area contributed by atoms with E-state index in [0.717, 1.165) is 25.0 Å². The lowest BCUT2D eigenvalue weighted by atomic mass is 9.87. The first-order valence-corrected chi connectivity index (χ1v) is 6.56. The molecular formula is C14H24N2O. The van der Waals surface area contributed by atoms with E-state index in [0.29, 0.717) is 12.5 Å². The van der Waals surface area contributed by atoms with Gasteiger partial charge in [0.25, 0.3) is 0 Å². The molecule has 3 nitrogen and oxygen atoms in total. The van der Waals surface area contributed by atoms with E-state index in [1.54, 1.807) is 0 Å². The number of hydrogen-bond donors (Lipinski definition) is 1. The first-order valence-electron chi connectivity index (χ1n) is 6.56. The highest BCUT2D eigenvalue weighted by atomic mass is 16.3. The molecule has 1 aliphatic rings. The fourth-order valence-electron chi connectivity index (χ4n) is 2.89. The Labute approximate surface area is 104 Å². The summed E-state index contributed by atoms with van der Waals surface area (Å²) in [4.78, 5) is 0. The normalized spacial score (nSPS) is 27.9. The Morgan fingerprint density at radius 3 is 2.59 bits per heavy atom. The summed E-state index contributed by atoms with van der Waals surface area (Å²) >= 11 is 0. The van der Waals surface area contributed by atoms with Gasteiger partial charge in [-0.15, -0.1) is 0 Å². The van der Waals surface area contributed by atoms with Crippen LogP contribution in [-0.2, 0) is 6.42 Å². The predicted molar refractivity (Wildman–Crippen MR) is 68.9 cm³/mol. The average Bonchev–Trinajstić information content (AvgIpc) is 2.72. The Kier molecular flexibility index (Phi) is 3.06. The van der Waals surface area contributed by atoms with Crippen LogP contribution >= 0.6 is 0 Å². The molecule has 0 bridgehead atoms. The Balaban J connectivity index is 2.05. The topological polar surface area (TPSA) is 38.0 Å². The zero-order valence-electron chi connectivity index (χ0n) is 11.4. The molecule has 0 aromatic carbocycles. The first kappa shape index (κ1) is 12.6. The zero-order chi connectivity index (χ0) is 12.7. The molecule has 0 spiro atoms. The van der Waals surface area contributed by atoms with Crippen LogP contribution in [0.3, 0.4) is 0 Å². The highest BCUT2D eigenvalue weighted by Crippen LogP contribution is 2.44. The summed E-state index contributed by atoms with van der Waals surface area (Å²) in [6.07, 6.45) is 5.58. The van der Waals surface area contributed by atoms with Crippen LogP contribution in [0.25, 0.3) is 0 Å². The van der Waals surface area contributed by atoms with Crippen LogP contribution in [0.5, 0.6) is 0 Å². The standard InChI is InChI=1S/C14H24N2O/c1-11(2)16-8-5-12(15-16)9-14(17)7-6-13(3,4)10-14/h5,8,11,17H,6-7,9-10H2,1-4H3. The second kappa shape index (κ2) is 4.13. The highest BCUT2D eigenvalue weighted by molar-refractivity contribution is 5.07. The van der Waals surface area contributed by atoms with Gasteiger partial charge in [-0.1, -0.05) is 13.8 Å². The Hall–Kier alpha value is -0.830. The Bertz CT molecular complexity index is 395. The summed E-state index contributed by atoms with van der Waals surface area (Å²) in [6, 6.07) is 2.42. The van der Waals surface area contributed by atoms with Crippen molar-refractivity contribution in [3.63, 3.8) is 0 Å². The van der Waals surface area contributed by atoms with Gasteiger partial charge in [0.05, 0.1) is 11.3 Å². The first-order chi connectivity index (χ1) is 7.80. The van der Waals surface area contributed by atoms with E-state index in [1.165, 1.54) is 0 Å². The molecule has 1 fully saturated rings. The van der Waals surface area contributed by atoms with Crippen molar-refractivity contribution in [2.45, 2.75) is 65.0 Å². The molecule has 3 heteroatoms. The minimum Gasteiger partial charge on any atom is -0.389 e. The lowest BCUT2D eigenvalue weighted by molar-refractivity contribution is 0.0368. The Morgan fingerprint density at radius 2 is 2.12 bits per heavy atom. The predicted octanol–water partition coefficient (Wildman–Crippen LogP) is 2.95. The maximum Gasteiger partial charge on any atom is 0.0709 e. The molecule has 0 aliphatic heterocycles. The largest absolute Gasteiger partial charge is 0.389 e. The van der Waals surface area contributed by atoms with Gasteiger partial charge in [-0.25, -0.2) is 0 Å². The average molecular weight is 236 g/mol. The van der Waals surface area contributed by atoms with Gasteiger partial charge in [0.2, 0.25) is 0 Å². The number of aromatic nitrogens is 2. The van der Waals surface area contributed by atoms with Gasteiger partial charge in [0.15, 0.2) is 0 Å². The van der Waals surface area contributed by atoms with Gasteiger partial charge in [0.1, 0.15) is 0 Å². The molecule has 1 aliphatic carbocycles. The molecule has 0 amide bonds. The van der Waals surface area contributed by atoms with Crippen molar-refractivity contribution in [1.29, 1.82) is 0 Å². The van der Waals surface area contributed by atoms with E-state index in [2.05, 4.69) is 32.8 Å². The van der Waals surface area contributed by atoms with Crippen molar-refractivity contribution in [1.82, 2.24) is 9.78 Å². The minimum absolute atomic E-state index is 0.273. The van der Waals surface area contributed by atoms with Gasteiger partial charge in [-0.3, -0.25) is 4.68 Å². The van der Waals surface area contributed by atoms with Crippen LogP contribution in [0.2, 0.25) is 0 Å². The third kappa shape index (κ3) is 2.89. The fraction of sp³-hybridized carbons (Fsp3) is 0.786. The van der Waals surface area contributed by atoms with E-state index in [4.69, 9.17) is 0 Å². The van der Waals surface area contributed by atoms with Gasteiger partial charge >= 0.3 is 0 Å². The van der Waals surface area contributed by atoms with Crippen molar-refractivity contribution in [2.75, 3.05) is 0 Å². The summed E-state index contributed by atoms with van der Waals surface area (Å²) in [5.74, 6) is 0. The van der Waals surface area contributed by atoms with E-state index in [1.807, 2.05) is 16.9 Å². The summed E-state index contributed by atoms with van der Waals surface area (Å²) in [5, 5.41) is 15.1. The van der Waals surface area contributed by atoms with E-state index >= 15 is 0 Å². The van der Waals surface area contributed by atoms with Crippen LogP contribution in [0.1, 0.15) is 58.7 Å². The van der Waals surface area contributed by atoms with Gasteiger partial charge in [-0.05, 0) is 44.6 Å². The summed E-state index contributed by atoms with van der Waals surface area (Å²) in [6.45, 7) is 8.70. The lowest BCUT2D eigenvalue weighted by Gasteiger charge is -2.24. The number of nitrogens with zero attached hydrogens (tertiary/aromatic N) is 2. The molecule has 1 unspecified atom stereocenters. The van der Waals surface area contributed by atoms with Crippen LogP contribution < -0.4 is 0 Å². The summed E-state index contributed by atoms with van der Waals surface area (Å²) < 4.78 is 1.96. The summed E-state index contributed by atoms with van der Waals surface area (Å²) in [7, 11) is 0. The molecule has 2 rings (SSSR count). The molecule has 1 heterocycles. The molecule has 1 aromatic heterocycles. The number of aliphatic hydroxyl groups is 1. The Morgan fingerprint density at radius 1 is 1.41 bits per heavy atom. The lowest BCUT2D eigenvalue weighted by Crippen LogP contribution is -2.29. The highest BCUT2D eigenvalue weighted by Gasteiger charge is 2.42. The van der Waals surface area contributed by atoms with Crippen molar-refractivity contribution in [2.24, 2.45) is 5.41 Å². The maximum atomic E-state index is 10.6. The molecule has 96 valence electrons. The van der Waals surface area contributed by atoms with Crippen molar-refractivity contribution < 1.29 is 5.11 Å². The third-order valence-corrected chi connectivity index (χ3v) is 3.78. The number of hydrogen-bond acceptors (Lipinski definition) is 2. The number of rotatable bonds is 3. The molecule has 1 N–H and O–H groups in total. The van der Waals surface area contributed by atoms with E-state index < -0.39 is 5.60 Å². The smallest absolute Gasteiger partial charge is 0.0709 e. The quantitative estimate of drug-likeness (QED) is 0.876. The van der Waals surface area contributed by atoms with Gasteiger partial charge < -0.3 is 5.11 Å². The SMILES string of the molecule is CC(C)n1ccc(CC2(O)CCC(C)(C)C2)n1. The molecule has 1 saturated carbocycles. The second-order valence-electron chi connectivity index (χ2n) is 6.62. The maximum absolute atomic E-state index is 10.6. The van der Waals surface area contributed by atoms with Gasteiger partial charge in [0, 0.05) is 18.7 Å². The summed E-state index contributed by atoms with van der Waals surface area (Å²) in [5.41, 5.74) is 0.744. The van der Waals surface area contributed by atoms with Crippen LogP contribution in [0.15, 0.2) is 12.3 Å². The molecule has 0 radical (unpaired) electrons. The van der Waals surface area contributed by atoms with E-state index in [-0.39, 0.29) is 5.41 Å². The fourth-order valence-corrected chi connectivity index (χ4v) is 2.89. The second-order valence-corrected chi connectivity index (χ2v) is 6.62. The minimum atomic E-state index is -0.542. The van der Waals surface area contributed by atoms with Crippen LogP contribution in [0.4, 0.5) is 0 Å². The van der Waals surface area contributed by atoms with Crippen molar-refractivity contribution in [3.05, 3.63) is 18.0 Å². The van der Waals surface area contributed by atoms with E-state index in [9.17, 15) is 5.11 Å². The van der Waals surface area contributed by atoms with Crippen molar-refractivity contribution >= 4 is 0 Å².